The zero-order valence-electron chi connectivity index (χ0n) is 10.6. The quantitative estimate of drug-likeness (QED) is 0.770. The van der Waals surface area contributed by atoms with Crippen LogP contribution in [-0.2, 0) is 4.74 Å². The Morgan fingerprint density at radius 1 is 1.56 bits per heavy atom. The molecule has 5 heteroatoms. The predicted molar refractivity (Wildman–Crippen MR) is 66.9 cm³/mol. The minimum atomic E-state index is -0.257. The van der Waals surface area contributed by atoms with Crippen LogP contribution in [0, 0.1) is 17.2 Å². The topological polar surface area (TPSA) is 75.0 Å². The van der Waals surface area contributed by atoms with E-state index < -0.39 is 0 Å². The molecule has 1 heterocycles. The van der Waals surface area contributed by atoms with Crippen LogP contribution in [0.5, 0.6) is 0 Å². The van der Waals surface area contributed by atoms with E-state index in [0.29, 0.717) is 36.9 Å². The number of carbonyl (C=O) groups excluding carboxylic acids is 1. The van der Waals surface area contributed by atoms with E-state index in [-0.39, 0.29) is 5.91 Å². The standard InChI is InChI=1S/C13H17N3O2/c1-10(2)9-18-6-5-15-13(17)12-4-3-11(7-14)8-16-12/h3-4,8,10H,5-6,9H2,1-2H3,(H,15,17). The van der Waals surface area contributed by atoms with E-state index in [0.717, 1.165) is 0 Å². The molecule has 1 N–H and O–H groups in total. The van der Waals surface area contributed by atoms with Gasteiger partial charge in [0.2, 0.25) is 0 Å². The molecule has 0 radical (unpaired) electrons. The fourth-order valence-corrected chi connectivity index (χ4v) is 1.24. The van der Waals surface area contributed by atoms with Crippen LogP contribution in [-0.4, -0.2) is 30.6 Å². The monoisotopic (exact) mass is 247 g/mol. The zero-order chi connectivity index (χ0) is 13.4. The summed E-state index contributed by atoms with van der Waals surface area (Å²) in [6, 6.07) is 5.05. The minimum Gasteiger partial charge on any atom is -0.379 e. The first kappa shape index (κ1) is 14.1. The molecule has 1 amide bonds. The molecule has 0 saturated carbocycles. The van der Waals surface area contributed by atoms with Crippen molar-refractivity contribution in [2.24, 2.45) is 5.92 Å². The average molecular weight is 247 g/mol. The summed E-state index contributed by atoms with van der Waals surface area (Å²) in [7, 11) is 0. The molecule has 0 aliphatic heterocycles. The molecule has 0 aromatic carbocycles. The van der Waals surface area contributed by atoms with Crippen molar-refractivity contribution in [2.45, 2.75) is 13.8 Å². The maximum atomic E-state index is 11.6. The smallest absolute Gasteiger partial charge is 0.269 e. The highest BCUT2D eigenvalue weighted by molar-refractivity contribution is 5.92. The molecule has 1 rings (SSSR count). The molecule has 1 aromatic rings. The number of aromatic nitrogens is 1. The van der Waals surface area contributed by atoms with Gasteiger partial charge in [-0.1, -0.05) is 13.8 Å². The molecule has 0 atom stereocenters. The fourth-order valence-electron chi connectivity index (χ4n) is 1.24. The molecule has 96 valence electrons. The second kappa shape index (κ2) is 7.41. The second-order valence-corrected chi connectivity index (χ2v) is 4.27. The van der Waals surface area contributed by atoms with Gasteiger partial charge in [0.1, 0.15) is 11.8 Å². The van der Waals surface area contributed by atoms with Crippen LogP contribution >= 0.6 is 0 Å². The van der Waals surface area contributed by atoms with Gasteiger partial charge in [0.25, 0.3) is 5.91 Å². The molecule has 0 fully saturated rings. The number of ether oxygens (including phenoxy) is 1. The molecule has 0 bridgehead atoms. The van der Waals surface area contributed by atoms with E-state index >= 15 is 0 Å². The van der Waals surface area contributed by atoms with Crippen molar-refractivity contribution in [1.29, 1.82) is 5.26 Å². The molecule has 1 aromatic heterocycles. The van der Waals surface area contributed by atoms with Gasteiger partial charge in [-0.3, -0.25) is 4.79 Å². The van der Waals surface area contributed by atoms with Gasteiger partial charge in [-0.25, -0.2) is 4.98 Å². The Morgan fingerprint density at radius 2 is 2.33 bits per heavy atom. The maximum Gasteiger partial charge on any atom is 0.269 e. The van der Waals surface area contributed by atoms with E-state index in [4.69, 9.17) is 10.00 Å². The van der Waals surface area contributed by atoms with Crippen LogP contribution in [0.3, 0.4) is 0 Å². The summed E-state index contributed by atoms with van der Waals surface area (Å²) in [5.74, 6) is 0.230. The van der Waals surface area contributed by atoms with Crippen LogP contribution in [0.25, 0.3) is 0 Å². The predicted octanol–water partition coefficient (Wildman–Crippen LogP) is 1.36. The minimum absolute atomic E-state index is 0.257. The number of nitriles is 1. The van der Waals surface area contributed by atoms with Gasteiger partial charge in [-0.05, 0) is 18.1 Å². The molecule has 18 heavy (non-hydrogen) atoms. The summed E-state index contributed by atoms with van der Waals surface area (Å²) < 4.78 is 5.34. The molecule has 0 spiro atoms. The van der Waals surface area contributed by atoms with Crippen LogP contribution in [0.4, 0.5) is 0 Å². The molecular formula is C13H17N3O2. The third-order valence-electron chi connectivity index (χ3n) is 2.11. The van der Waals surface area contributed by atoms with Crippen molar-refractivity contribution in [3.8, 4) is 6.07 Å². The Morgan fingerprint density at radius 3 is 2.89 bits per heavy atom. The van der Waals surface area contributed by atoms with Gasteiger partial charge in [0.15, 0.2) is 0 Å². The van der Waals surface area contributed by atoms with E-state index in [2.05, 4.69) is 24.1 Å². The van der Waals surface area contributed by atoms with Crippen LogP contribution < -0.4 is 5.32 Å². The highest BCUT2D eigenvalue weighted by Crippen LogP contribution is 1.98. The Kier molecular flexibility index (Phi) is 5.81. The Balaban J connectivity index is 2.30. The number of hydrogen-bond donors (Lipinski definition) is 1. The third kappa shape index (κ3) is 4.93. The van der Waals surface area contributed by atoms with Crippen molar-refractivity contribution in [3.05, 3.63) is 29.6 Å². The van der Waals surface area contributed by atoms with Gasteiger partial charge >= 0.3 is 0 Å². The molecule has 5 nitrogen and oxygen atoms in total. The summed E-state index contributed by atoms with van der Waals surface area (Å²) in [5, 5.41) is 11.3. The first-order chi connectivity index (χ1) is 8.63. The lowest BCUT2D eigenvalue weighted by Gasteiger charge is -2.07. The fraction of sp³-hybridized carbons (Fsp3) is 0.462. The van der Waals surface area contributed by atoms with Gasteiger partial charge in [0.05, 0.1) is 12.2 Å². The van der Waals surface area contributed by atoms with Crippen molar-refractivity contribution in [3.63, 3.8) is 0 Å². The Bertz CT molecular complexity index is 421. The van der Waals surface area contributed by atoms with E-state index in [1.807, 2.05) is 6.07 Å². The summed E-state index contributed by atoms with van der Waals surface area (Å²) in [6.07, 6.45) is 1.38. The third-order valence-corrected chi connectivity index (χ3v) is 2.11. The Hall–Kier alpha value is -1.93. The second-order valence-electron chi connectivity index (χ2n) is 4.27. The van der Waals surface area contributed by atoms with Gasteiger partial charge in [0, 0.05) is 19.3 Å². The van der Waals surface area contributed by atoms with Gasteiger partial charge < -0.3 is 10.1 Å². The first-order valence-electron chi connectivity index (χ1n) is 5.85. The SMILES string of the molecule is CC(C)COCCNC(=O)c1ccc(C#N)cn1. The van der Waals surface area contributed by atoms with E-state index in [1.54, 1.807) is 6.07 Å². The highest BCUT2D eigenvalue weighted by Gasteiger charge is 2.06. The number of carbonyl (C=O) groups is 1. The molecule has 0 aliphatic rings. The van der Waals surface area contributed by atoms with E-state index in [9.17, 15) is 4.79 Å². The number of hydrogen-bond acceptors (Lipinski definition) is 4. The lowest BCUT2D eigenvalue weighted by atomic mass is 10.2. The van der Waals surface area contributed by atoms with Gasteiger partial charge in [-0.15, -0.1) is 0 Å². The van der Waals surface area contributed by atoms with Crippen LogP contribution in [0.2, 0.25) is 0 Å². The highest BCUT2D eigenvalue weighted by atomic mass is 16.5. The molecule has 0 aliphatic carbocycles. The first-order valence-corrected chi connectivity index (χ1v) is 5.85. The molecule has 0 saturated heterocycles. The average Bonchev–Trinajstić information content (AvgIpc) is 2.38. The zero-order valence-corrected chi connectivity index (χ0v) is 10.6. The number of nitrogens with one attached hydrogen (secondary N) is 1. The summed E-state index contributed by atoms with van der Waals surface area (Å²) in [6.45, 7) is 5.76. The van der Waals surface area contributed by atoms with Crippen molar-refractivity contribution in [1.82, 2.24) is 10.3 Å². The summed E-state index contributed by atoms with van der Waals surface area (Å²) in [4.78, 5) is 15.5. The normalized spacial score (nSPS) is 10.1. The molecule has 0 unspecified atom stereocenters. The Labute approximate surface area is 107 Å². The van der Waals surface area contributed by atoms with Gasteiger partial charge in [-0.2, -0.15) is 5.26 Å². The molecular weight excluding hydrogens is 230 g/mol. The lowest BCUT2D eigenvalue weighted by Crippen LogP contribution is -2.28. The summed E-state index contributed by atoms with van der Waals surface area (Å²) >= 11 is 0. The van der Waals surface area contributed by atoms with Crippen molar-refractivity contribution in [2.75, 3.05) is 19.8 Å². The summed E-state index contributed by atoms with van der Waals surface area (Å²) in [5.41, 5.74) is 0.740. The van der Waals surface area contributed by atoms with Crippen molar-refractivity contribution < 1.29 is 9.53 Å². The van der Waals surface area contributed by atoms with Crippen LogP contribution in [0.15, 0.2) is 18.3 Å². The van der Waals surface area contributed by atoms with Crippen LogP contribution in [0.1, 0.15) is 29.9 Å². The number of amides is 1. The number of nitrogens with zero attached hydrogens (tertiary/aromatic N) is 2. The largest absolute Gasteiger partial charge is 0.379 e. The van der Waals surface area contributed by atoms with Crippen molar-refractivity contribution >= 4 is 5.91 Å². The lowest BCUT2D eigenvalue weighted by molar-refractivity contribution is 0.0882. The maximum absolute atomic E-state index is 11.6. The number of rotatable bonds is 6. The number of pyridine rings is 1. The van der Waals surface area contributed by atoms with E-state index in [1.165, 1.54) is 12.3 Å².